The molecule has 1 aromatic heterocycles. The molecule has 14 heteroatoms. The van der Waals surface area contributed by atoms with Crippen molar-refractivity contribution in [1.82, 2.24) is 23.9 Å². The van der Waals surface area contributed by atoms with E-state index >= 15 is 0 Å². The topological polar surface area (TPSA) is 81.9 Å². The molecule has 0 unspecified atom stereocenters. The molecule has 0 radical (unpaired) electrons. The number of alkyl halides is 4. The van der Waals surface area contributed by atoms with E-state index in [1.807, 2.05) is 0 Å². The van der Waals surface area contributed by atoms with Crippen LogP contribution in [0.4, 0.5) is 17.6 Å². The van der Waals surface area contributed by atoms with E-state index in [2.05, 4.69) is 22.0 Å². The summed E-state index contributed by atoms with van der Waals surface area (Å²) in [5.41, 5.74) is 1.60. The molecule has 0 spiro atoms. The fourth-order valence-electron chi connectivity index (χ4n) is 5.98. The lowest BCUT2D eigenvalue weighted by Gasteiger charge is -2.28. The SMILES string of the molecule is CS(=O)(=O)N1CCc2c(c(-c3ccc(C(F)(F)F)c(SCCN4CCC(F)CC4)c3)nn2C[C@@H](O)CN2CC=CCC2)C1. The number of aliphatic hydroxyl groups excluding tert-OH is 1. The van der Waals surface area contributed by atoms with Gasteiger partial charge in [0.2, 0.25) is 10.0 Å². The molecule has 1 aromatic carbocycles. The number of aliphatic hydroxyl groups is 1. The molecule has 1 fully saturated rings. The number of nitrogens with zero attached hydrogens (tertiary/aromatic N) is 5. The summed E-state index contributed by atoms with van der Waals surface area (Å²) in [6.45, 7) is 4.30. The summed E-state index contributed by atoms with van der Waals surface area (Å²) in [6.07, 6.45) is 1.41. The highest BCUT2D eigenvalue weighted by atomic mass is 32.2. The third-order valence-electron chi connectivity index (χ3n) is 8.31. The van der Waals surface area contributed by atoms with Crippen LogP contribution < -0.4 is 0 Å². The van der Waals surface area contributed by atoms with Crippen LogP contribution in [-0.4, -0.2) is 108 Å². The Balaban J connectivity index is 1.42. The summed E-state index contributed by atoms with van der Waals surface area (Å²) in [7, 11) is -3.51. The number of hydrogen-bond donors (Lipinski definition) is 1. The molecule has 1 atom stereocenters. The van der Waals surface area contributed by atoms with Crippen LogP contribution >= 0.6 is 11.8 Å². The van der Waals surface area contributed by atoms with Crippen molar-refractivity contribution < 1.29 is 31.1 Å². The number of β-amino-alcohol motifs (C(OH)–C–C–N with tert-alkyl or cyclic N) is 1. The maximum absolute atomic E-state index is 14.0. The van der Waals surface area contributed by atoms with Gasteiger partial charge < -0.3 is 10.0 Å². The lowest BCUT2D eigenvalue weighted by Crippen LogP contribution is -2.38. The maximum atomic E-state index is 14.0. The number of thioether (sulfide) groups is 1. The summed E-state index contributed by atoms with van der Waals surface area (Å²) >= 11 is 1.11. The van der Waals surface area contributed by atoms with Crippen molar-refractivity contribution in [2.45, 2.75) is 62.1 Å². The van der Waals surface area contributed by atoms with Gasteiger partial charge in [0.05, 0.1) is 30.2 Å². The van der Waals surface area contributed by atoms with E-state index in [9.17, 15) is 31.1 Å². The van der Waals surface area contributed by atoms with Crippen molar-refractivity contribution in [1.29, 1.82) is 0 Å². The molecule has 2 aromatic rings. The number of fused-ring (bicyclic) bond motifs is 1. The highest BCUT2D eigenvalue weighted by Crippen LogP contribution is 2.40. The molecule has 1 saturated heterocycles. The first-order valence-corrected chi connectivity index (χ1v) is 17.5. The van der Waals surface area contributed by atoms with Crippen molar-refractivity contribution in [2.75, 3.05) is 57.8 Å². The lowest BCUT2D eigenvalue weighted by molar-refractivity contribution is -0.139. The van der Waals surface area contributed by atoms with Gasteiger partial charge in [0, 0.05) is 86.2 Å². The normalized spacial score (nSPS) is 20.4. The zero-order chi connectivity index (χ0) is 30.8. The predicted octanol–water partition coefficient (Wildman–Crippen LogP) is 4.04. The summed E-state index contributed by atoms with van der Waals surface area (Å²) in [4.78, 5) is 4.29. The zero-order valence-electron chi connectivity index (χ0n) is 24.3. The second-order valence-electron chi connectivity index (χ2n) is 11.5. The van der Waals surface area contributed by atoms with E-state index in [1.54, 1.807) is 4.68 Å². The summed E-state index contributed by atoms with van der Waals surface area (Å²) in [5, 5.41) is 15.7. The van der Waals surface area contributed by atoms with Crippen molar-refractivity contribution in [2.24, 2.45) is 0 Å². The zero-order valence-corrected chi connectivity index (χ0v) is 25.9. The first-order chi connectivity index (χ1) is 20.4. The van der Waals surface area contributed by atoms with E-state index in [0.29, 0.717) is 68.0 Å². The van der Waals surface area contributed by atoms with Crippen molar-refractivity contribution in [3.8, 4) is 11.3 Å². The molecule has 4 heterocycles. The van der Waals surface area contributed by atoms with E-state index in [0.717, 1.165) is 49.3 Å². The highest BCUT2D eigenvalue weighted by Gasteiger charge is 2.35. The fraction of sp³-hybridized carbons (Fsp3) is 0.621. The first-order valence-electron chi connectivity index (χ1n) is 14.7. The molecule has 3 aliphatic heterocycles. The number of piperidine rings is 1. The van der Waals surface area contributed by atoms with Crippen molar-refractivity contribution >= 4 is 21.8 Å². The first kappa shape index (κ1) is 32.4. The van der Waals surface area contributed by atoms with Crippen molar-refractivity contribution in [3.05, 3.63) is 47.2 Å². The Hall–Kier alpha value is -1.97. The maximum Gasteiger partial charge on any atom is 0.417 e. The highest BCUT2D eigenvalue weighted by molar-refractivity contribution is 7.99. The van der Waals surface area contributed by atoms with Crippen molar-refractivity contribution in [3.63, 3.8) is 0 Å². The molecule has 5 rings (SSSR count). The van der Waals surface area contributed by atoms with Gasteiger partial charge in [0.15, 0.2) is 0 Å². The number of benzene rings is 1. The van der Waals surface area contributed by atoms with E-state index in [1.165, 1.54) is 16.4 Å². The molecular formula is C29H39F4N5O3S2. The van der Waals surface area contributed by atoms with Gasteiger partial charge in [-0.2, -0.15) is 22.6 Å². The summed E-state index contributed by atoms with van der Waals surface area (Å²) < 4.78 is 83.4. The van der Waals surface area contributed by atoms with Crippen LogP contribution in [0.5, 0.6) is 0 Å². The number of aromatic nitrogens is 2. The molecular weight excluding hydrogens is 606 g/mol. The van der Waals surface area contributed by atoms with Crippen LogP contribution in [0.2, 0.25) is 0 Å². The van der Waals surface area contributed by atoms with Gasteiger partial charge in [-0.05, 0) is 31.4 Å². The molecule has 43 heavy (non-hydrogen) atoms. The monoisotopic (exact) mass is 645 g/mol. The van der Waals surface area contributed by atoms with Crippen LogP contribution in [0.15, 0.2) is 35.2 Å². The Morgan fingerprint density at radius 2 is 1.86 bits per heavy atom. The fourth-order valence-corrected chi connectivity index (χ4v) is 7.88. The molecule has 238 valence electrons. The largest absolute Gasteiger partial charge is 0.417 e. The Kier molecular flexibility index (Phi) is 10.2. The Labute approximate surface area is 254 Å². The van der Waals surface area contributed by atoms with Gasteiger partial charge in [0.1, 0.15) is 6.17 Å². The second kappa shape index (κ2) is 13.6. The molecule has 0 amide bonds. The van der Waals surface area contributed by atoms with E-state index < -0.39 is 34.0 Å². The Morgan fingerprint density at radius 3 is 2.53 bits per heavy atom. The molecule has 1 N–H and O–H groups in total. The average Bonchev–Trinajstić information content (AvgIpc) is 3.31. The quantitative estimate of drug-likeness (QED) is 0.238. The minimum atomic E-state index is -4.55. The van der Waals surface area contributed by atoms with E-state index in [4.69, 9.17) is 5.10 Å². The molecule has 3 aliphatic rings. The number of hydrogen-bond acceptors (Lipinski definition) is 7. The third kappa shape index (κ3) is 8.20. The van der Waals surface area contributed by atoms with Crippen LogP contribution in [0.3, 0.4) is 0 Å². The third-order valence-corrected chi connectivity index (χ3v) is 10.6. The molecule has 0 aliphatic carbocycles. The predicted molar refractivity (Wildman–Crippen MR) is 159 cm³/mol. The molecule has 0 saturated carbocycles. The Bertz CT molecular complexity index is 1410. The van der Waals surface area contributed by atoms with Crippen LogP contribution in [0.1, 0.15) is 36.1 Å². The number of likely N-dealkylation sites (tertiary alicyclic amines) is 1. The van der Waals surface area contributed by atoms with Crippen LogP contribution in [0, 0.1) is 0 Å². The van der Waals surface area contributed by atoms with Gasteiger partial charge in [-0.3, -0.25) is 9.58 Å². The van der Waals surface area contributed by atoms with Crippen LogP contribution in [-0.2, 0) is 35.7 Å². The number of halogens is 4. The summed E-state index contributed by atoms with van der Waals surface area (Å²) in [6, 6.07) is 3.94. The minimum absolute atomic E-state index is 0.0601. The molecule has 0 bridgehead atoms. The lowest BCUT2D eigenvalue weighted by atomic mass is 10.0. The van der Waals surface area contributed by atoms with Gasteiger partial charge in [-0.25, -0.2) is 12.8 Å². The van der Waals surface area contributed by atoms with Gasteiger partial charge in [-0.1, -0.05) is 18.2 Å². The summed E-state index contributed by atoms with van der Waals surface area (Å²) in [5.74, 6) is 0.412. The average molecular weight is 646 g/mol. The van der Waals surface area contributed by atoms with Gasteiger partial charge in [-0.15, -0.1) is 11.8 Å². The number of rotatable bonds is 10. The van der Waals surface area contributed by atoms with E-state index in [-0.39, 0.29) is 24.5 Å². The molecule has 8 nitrogen and oxygen atoms in total. The smallest absolute Gasteiger partial charge is 0.390 e. The van der Waals surface area contributed by atoms with Crippen LogP contribution in [0.25, 0.3) is 11.3 Å². The van der Waals surface area contributed by atoms with Gasteiger partial charge in [0.25, 0.3) is 0 Å². The minimum Gasteiger partial charge on any atom is -0.390 e. The number of sulfonamides is 1. The van der Waals surface area contributed by atoms with Gasteiger partial charge >= 0.3 is 6.18 Å². The Morgan fingerprint density at radius 1 is 1.09 bits per heavy atom. The second-order valence-corrected chi connectivity index (χ2v) is 14.7. The standard InChI is InChI=1S/C29H39F4N5O3S2/c1-43(40,41)37-14-9-26-24(20-37)28(34-38(26)19-23(39)18-36-10-3-2-4-11-36)21-5-6-25(29(31,32)33)27(17-21)42-16-15-35-12-7-22(30)8-13-35/h2-3,5-6,17,22-23,39H,4,7-16,18-20H2,1H3/t23-/m0/s1.